The number of rotatable bonds is 4. The first-order valence-electron chi connectivity index (χ1n) is 8.17. The minimum absolute atomic E-state index is 0.200. The lowest BCUT2D eigenvalue weighted by molar-refractivity contribution is 0.457. The molecule has 3 heterocycles. The Bertz CT molecular complexity index is 810. The van der Waals surface area contributed by atoms with E-state index in [2.05, 4.69) is 9.88 Å². The van der Waals surface area contributed by atoms with E-state index in [1.807, 2.05) is 32.2 Å². The van der Waals surface area contributed by atoms with Crippen LogP contribution in [0.1, 0.15) is 39.4 Å². The molecule has 0 spiro atoms. The molecule has 7 heteroatoms. The number of aromatic nitrogens is 2. The van der Waals surface area contributed by atoms with Crippen molar-refractivity contribution in [1.29, 1.82) is 0 Å². The smallest absolute Gasteiger partial charge is 0.159 e. The van der Waals surface area contributed by atoms with Crippen molar-refractivity contribution in [3.63, 3.8) is 0 Å². The molecule has 126 valence electrons. The highest BCUT2D eigenvalue weighted by atomic mass is 32.2. The van der Waals surface area contributed by atoms with E-state index in [9.17, 15) is 8.42 Å². The molecule has 0 amide bonds. The highest BCUT2D eigenvalue weighted by Crippen LogP contribution is 2.36. The number of fused-ring (bicyclic) bond motifs is 1. The molecule has 23 heavy (non-hydrogen) atoms. The van der Waals surface area contributed by atoms with E-state index in [1.54, 1.807) is 11.3 Å². The molecule has 5 nitrogen and oxygen atoms in total. The zero-order valence-electron chi connectivity index (χ0n) is 13.9. The van der Waals surface area contributed by atoms with Gasteiger partial charge in [-0.1, -0.05) is 20.8 Å². The highest BCUT2D eigenvalue weighted by Gasteiger charge is 2.45. The summed E-state index contributed by atoms with van der Waals surface area (Å²) in [6.07, 6.45) is 2.06. The molecule has 0 aliphatic carbocycles. The molecule has 0 radical (unpaired) electrons. The average Bonchev–Trinajstić information content (AvgIpc) is 3.02. The number of hydrogen-bond donors (Lipinski definition) is 0. The predicted molar refractivity (Wildman–Crippen MR) is 96.1 cm³/mol. The lowest BCUT2D eigenvalue weighted by atomic mass is 10.0. The van der Waals surface area contributed by atoms with Crippen LogP contribution in [0.2, 0.25) is 0 Å². The fraction of sp³-hybridized carbons (Fsp3) is 0.625. The van der Waals surface area contributed by atoms with Crippen LogP contribution in [0.15, 0.2) is 11.4 Å². The van der Waals surface area contributed by atoms with Crippen LogP contribution in [0.3, 0.4) is 0 Å². The summed E-state index contributed by atoms with van der Waals surface area (Å²) in [4.78, 5) is 12.4. The number of anilines is 1. The minimum atomic E-state index is -3.06. The SMILES string of the molecule is CCc1nc(N2CCS(=O)(=O)C(CC)(CC)C2)c2ccsc2n1. The van der Waals surface area contributed by atoms with Crippen molar-refractivity contribution in [2.24, 2.45) is 0 Å². The molecular formula is C16H23N3O2S2. The molecule has 0 bridgehead atoms. The van der Waals surface area contributed by atoms with Crippen molar-refractivity contribution in [2.45, 2.75) is 44.8 Å². The van der Waals surface area contributed by atoms with E-state index in [-0.39, 0.29) is 5.75 Å². The van der Waals surface area contributed by atoms with Crippen LogP contribution >= 0.6 is 11.3 Å². The van der Waals surface area contributed by atoms with Gasteiger partial charge in [0.15, 0.2) is 9.84 Å². The molecule has 3 rings (SSSR count). The number of sulfone groups is 1. The van der Waals surface area contributed by atoms with Gasteiger partial charge in [-0.15, -0.1) is 11.3 Å². The molecular weight excluding hydrogens is 330 g/mol. The standard InChI is InChI=1S/C16H23N3O2S2/c1-4-13-17-14(12-7-9-22-15(12)18-13)19-8-10-23(20,21)16(5-2,6-3)11-19/h7,9H,4-6,8,10-11H2,1-3H3. The molecule has 0 saturated carbocycles. The van der Waals surface area contributed by atoms with E-state index in [4.69, 9.17) is 4.98 Å². The summed E-state index contributed by atoms with van der Waals surface area (Å²) in [5, 5.41) is 3.06. The van der Waals surface area contributed by atoms with Gasteiger partial charge in [0, 0.05) is 19.5 Å². The van der Waals surface area contributed by atoms with Gasteiger partial charge in [-0.05, 0) is 24.3 Å². The lowest BCUT2D eigenvalue weighted by Crippen LogP contribution is -2.56. The van der Waals surface area contributed by atoms with Crippen molar-refractivity contribution in [1.82, 2.24) is 9.97 Å². The maximum atomic E-state index is 12.6. The Labute approximate surface area is 141 Å². The van der Waals surface area contributed by atoms with Crippen LogP contribution in [0, 0.1) is 0 Å². The summed E-state index contributed by atoms with van der Waals surface area (Å²) >= 11 is 1.61. The van der Waals surface area contributed by atoms with Gasteiger partial charge in [0.05, 0.1) is 15.9 Å². The molecule has 1 aliphatic heterocycles. The first-order valence-corrected chi connectivity index (χ1v) is 10.7. The van der Waals surface area contributed by atoms with Crippen LogP contribution in [0.5, 0.6) is 0 Å². The maximum absolute atomic E-state index is 12.6. The van der Waals surface area contributed by atoms with E-state index in [1.165, 1.54) is 0 Å². The van der Waals surface area contributed by atoms with E-state index in [0.717, 1.165) is 28.3 Å². The second-order valence-electron chi connectivity index (χ2n) is 6.09. The summed E-state index contributed by atoms with van der Waals surface area (Å²) in [6.45, 7) is 7.02. The number of hydrogen-bond acceptors (Lipinski definition) is 6. The fourth-order valence-electron chi connectivity index (χ4n) is 3.35. The number of thiophene rings is 1. The quantitative estimate of drug-likeness (QED) is 0.845. The van der Waals surface area contributed by atoms with Gasteiger partial charge in [-0.3, -0.25) is 0 Å². The lowest BCUT2D eigenvalue weighted by Gasteiger charge is -2.42. The van der Waals surface area contributed by atoms with Gasteiger partial charge in [-0.2, -0.15) is 0 Å². The first kappa shape index (κ1) is 16.6. The van der Waals surface area contributed by atoms with Crippen LogP contribution in [-0.2, 0) is 16.3 Å². The molecule has 0 N–H and O–H groups in total. The molecule has 2 aromatic rings. The zero-order chi connectivity index (χ0) is 16.7. The molecule has 1 aliphatic rings. The molecule has 1 fully saturated rings. The van der Waals surface area contributed by atoms with Crippen molar-refractivity contribution >= 4 is 37.2 Å². The Balaban J connectivity index is 2.08. The van der Waals surface area contributed by atoms with Crippen molar-refractivity contribution in [3.05, 3.63) is 17.3 Å². The average molecular weight is 354 g/mol. The predicted octanol–water partition coefficient (Wildman–Crippen LogP) is 3.05. The zero-order valence-corrected chi connectivity index (χ0v) is 15.5. The van der Waals surface area contributed by atoms with E-state index >= 15 is 0 Å². The van der Waals surface area contributed by atoms with Gasteiger partial charge < -0.3 is 4.90 Å². The molecule has 0 atom stereocenters. The third-order valence-corrected chi connectivity index (χ3v) is 8.58. The third kappa shape index (κ3) is 2.63. The van der Waals surface area contributed by atoms with Gasteiger partial charge in [0.25, 0.3) is 0 Å². The van der Waals surface area contributed by atoms with Crippen LogP contribution in [0.25, 0.3) is 10.2 Å². The summed E-state index contributed by atoms with van der Waals surface area (Å²) in [7, 11) is -3.06. The largest absolute Gasteiger partial charge is 0.353 e. The topological polar surface area (TPSA) is 63.2 Å². The normalized spacial score (nSPS) is 20.0. The second-order valence-corrected chi connectivity index (χ2v) is 9.49. The molecule has 0 unspecified atom stereocenters. The summed E-state index contributed by atoms with van der Waals surface area (Å²) in [6, 6.07) is 2.04. The Kier molecular flexibility index (Phi) is 4.35. The van der Waals surface area contributed by atoms with Gasteiger partial charge in [-0.25, -0.2) is 18.4 Å². The van der Waals surface area contributed by atoms with E-state index in [0.29, 0.717) is 25.9 Å². The Morgan fingerprint density at radius 1 is 1.26 bits per heavy atom. The molecule has 1 saturated heterocycles. The fourth-order valence-corrected chi connectivity index (χ4v) is 6.25. The Morgan fingerprint density at radius 2 is 2.00 bits per heavy atom. The Hall–Kier alpha value is -1.21. The monoisotopic (exact) mass is 353 g/mol. The van der Waals surface area contributed by atoms with Gasteiger partial charge in [0.1, 0.15) is 16.5 Å². The van der Waals surface area contributed by atoms with Crippen molar-refractivity contribution < 1.29 is 8.42 Å². The van der Waals surface area contributed by atoms with Crippen molar-refractivity contribution in [2.75, 3.05) is 23.7 Å². The number of nitrogens with zero attached hydrogens (tertiary/aromatic N) is 3. The Morgan fingerprint density at radius 3 is 2.65 bits per heavy atom. The van der Waals surface area contributed by atoms with Crippen molar-refractivity contribution in [3.8, 4) is 0 Å². The molecule has 2 aromatic heterocycles. The summed E-state index contributed by atoms with van der Waals surface area (Å²) in [5.74, 6) is 1.92. The maximum Gasteiger partial charge on any atom is 0.159 e. The molecule has 0 aromatic carbocycles. The van der Waals surface area contributed by atoms with Crippen LogP contribution in [-0.4, -0.2) is 42.0 Å². The van der Waals surface area contributed by atoms with E-state index < -0.39 is 14.6 Å². The van der Waals surface area contributed by atoms with Gasteiger partial charge in [0.2, 0.25) is 0 Å². The highest BCUT2D eigenvalue weighted by molar-refractivity contribution is 7.92. The van der Waals surface area contributed by atoms with Crippen LogP contribution < -0.4 is 4.90 Å². The summed E-state index contributed by atoms with van der Waals surface area (Å²) < 4.78 is 24.6. The van der Waals surface area contributed by atoms with Gasteiger partial charge >= 0.3 is 0 Å². The summed E-state index contributed by atoms with van der Waals surface area (Å²) in [5.41, 5.74) is 0. The second kappa shape index (κ2) is 6.02. The first-order chi connectivity index (χ1) is 11.0. The number of aryl methyl sites for hydroxylation is 1. The third-order valence-electron chi connectivity index (χ3n) is 5.02. The minimum Gasteiger partial charge on any atom is -0.353 e. The van der Waals surface area contributed by atoms with Crippen LogP contribution in [0.4, 0.5) is 5.82 Å².